The van der Waals surface area contributed by atoms with Crippen LogP contribution in [0.5, 0.6) is 5.75 Å². The molecule has 5 rings (SSSR count). The molecule has 0 radical (unpaired) electrons. The fourth-order valence-corrected chi connectivity index (χ4v) is 9.08. The molecule has 0 aliphatic carbocycles. The Kier molecular flexibility index (Phi) is 6.48. The summed E-state index contributed by atoms with van der Waals surface area (Å²) in [5.74, 6) is -3.16. The maximum Gasteiger partial charge on any atom is 0.352 e. The van der Waals surface area contributed by atoms with E-state index in [4.69, 9.17) is 0 Å². The SMILES string of the molecule is CC1(C)S[C@@H]2[C@@H](NC(=O)C(NC(=O)N3CCC4C3[N+]4(O)S(C)(=O)=O)c3ccc(O)cc3)C(=O)N2[C@@]1(NC=O)C(=O)O. The van der Waals surface area contributed by atoms with Gasteiger partial charge >= 0.3 is 22.0 Å². The van der Waals surface area contributed by atoms with Gasteiger partial charge in [0.2, 0.25) is 24.0 Å². The van der Waals surface area contributed by atoms with E-state index < -0.39 is 78.0 Å². The van der Waals surface area contributed by atoms with Crippen molar-refractivity contribution >= 4 is 52.0 Å². The van der Waals surface area contributed by atoms with Gasteiger partial charge in [0.25, 0.3) is 12.1 Å². The van der Waals surface area contributed by atoms with Crippen LogP contribution in [-0.2, 0) is 29.2 Å². The average molecular weight is 614 g/mol. The Bertz CT molecular complexity index is 1450. The predicted molar refractivity (Wildman–Crippen MR) is 139 cm³/mol. The molecule has 0 aromatic heterocycles. The number of fused-ring (bicyclic) bond motifs is 2. The lowest BCUT2D eigenvalue weighted by molar-refractivity contribution is -0.920. The fraction of sp³-hybridized carbons (Fsp3) is 0.522. The van der Waals surface area contributed by atoms with Gasteiger partial charge in [-0.1, -0.05) is 12.1 Å². The summed E-state index contributed by atoms with van der Waals surface area (Å²) < 4.78 is 21.7. The number of aliphatic carboxylic acids is 1. The normalized spacial score (nSPS) is 33.6. The number of hydrogen-bond donors (Lipinski definition) is 6. The number of nitrogens with zero attached hydrogens (tertiary/aromatic N) is 3. The number of urea groups is 1. The van der Waals surface area contributed by atoms with E-state index in [2.05, 4.69) is 16.0 Å². The number of rotatable bonds is 8. The largest absolute Gasteiger partial charge is 0.508 e. The van der Waals surface area contributed by atoms with Gasteiger partial charge in [-0.15, -0.1) is 11.8 Å². The molecule has 41 heavy (non-hydrogen) atoms. The Balaban J connectivity index is 1.37. The number of benzene rings is 1. The Hall–Kier alpha value is -3.61. The number of hydroxylamine groups is 2. The number of carboxylic acid groups (broad SMARTS) is 1. The van der Waals surface area contributed by atoms with E-state index in [9.17, 15) is 47.8 Å². The number of phenolic OH excluding ortho intramolecular Hbond substituents is 1. The van der Waals surface area contributed by atoms with E-state index in [0.29, 0.717) is 0 Å². The van der Waals surface area contributed by atoms with E-state index >= 15 is 0 Å². The van der Waals surface area contributed by atoms with Crippen molar-refractivity contribution in [3.8, 4) is 5.75 Å². The highest BCUT2D eigenvalue weighted by Crippen LogP contribution is 2.55. The van der Waals surface area contributed by atoms with Crippen molar-refractivity contribution in [2.24, 2.45) is 0 Å². The first-order chi connectivity index (χ1) is 19.0. The van der Waals surface area contributed by atoms with Crippen LogP contribution in [0.3, 0.4) is 0 Å². The molecule has 222 valence electrons. The average Bonchev–Trinajstić information content (AvgIpc) is 3.19. The molecule has 1 aromatic carbocycles. The third-order valence-electron chi connectivity index (χ3n) is 8.21. The fourth-order valence-electron chi connectivity index (χ4n) is 6.07. The molecule has 0 saturated carbocycles. The highest BCUT2D eigenvalue weighted by molar-refractivity contribution is 8.01. The summed E-state index contributed by atoms with van der Waals surface area (Å²) in [6, 6.07) is 1.16. The van der Waals surface area contributed by atoms with Gasteiger partial charge in [0.05, 0.1) is 11.0 Å². The molecule has 1 aromatic rings. The maximum atomic E-state index is 13.6. The minimum absolute atomic E-state index is 0.114. The molecule has 16 nitrogen and oxygen atoms in total. The van der Waals surface area contributed by atoms with Crippen molar-refractivity contribution in [3.63, 3.8) is 0 Å². The number of thioether (sulfide) groups is 1. The first-order valence-electron chi connectivity index (χ1n) is 12.5. The Morgan fingerprint density at radius 2 is 1.85 bits per heavy atom. The highest BCUT2D eigenvalue weighted by atomic mass is 32.2. The van der Waals surface area contributed by atoms with Gasteiger partial charge in [0, 0.05) is 13.0 Å². The molecule has 4 unspecified atom stereocenters. The summed E-state index contributed by atoms with van der Waals surface area (Å²) in [4.78, 5) is 65.7. The molecular formula is C23H29N6O10S2+. The van der Waals surface area contributed by atoms with Crippen LogP contribution in [0.2, 0.25) is 0 Å². The third kappa shape index (κ3) is 3.95. The summed E-state index contributed by atoms with van der Waals surface area (Å²) in [6.07, 6.45) is 0.237. The number of likely N-dealkylation sites (tertiary alicyclic amines) is 1. The predicted octanol–water partition coefficient (Wildman–Crippen LogP) is -1.57. The van der Waals surface area contributed by atoms with E-state index in [1.54, 1.807) is 13.8 Å². The van der Waals surface area contributed by atoms with Crippen molar-refractivity contribution < 1.29 is 51.9 Å². The van der Waals surface area contributed by atoms with Crippen LogP contribution >= 0.6 is 11.8 Å². The minimum Gasteiger partial charge on any atom is -0.508 e. The van der Waals surface area contributed by atoms with Crippen molar-refractivity contribution in [2.75, 3.05) is 12.8 Å². The molecular weight excluding hydrogens is 584 g/mol. The topological polar surface area (TPSA) is 223 Å². The number of nitrogens with one attached hydrogen (secondary N) is 3. The lowest BCUT2D eigenvalue weighted by atomic mass is 9.88. The molecule has 7 atom stereocenters. The molecule has 0 spiro atoms. The summed E-state index contributed by atoms with van der Waals surface area (Å²) in [6.45, 7) is 3.22. The maximum absolute atomic E-state index is 13.6. The molecule has 4 saturated heterocycles. The van der Waals surface area contributed by atoms with Crippen LogP contribution in [0.25, 0.3) is 0 Å². The lowest BCUT2D eigenvalue weighted by Crippen LogP contribution is -2.79. The Labute approximate surface area is 238 Å². The van der Waals surface area contributed by atoms with Gasteiger partial charge in [-0.05, 0) is 35.6 Å². The second-order valence-corrected chi connectivity index (χ2v) is 14.6. The zero-order chi connectivity index (χ0) is 30.3. The van der Waals surface area contributed by atoms with Crippen LogP contribution in [0.15, 0.2) is 24.3 Å². The number of β-lactam (4-membered cyclic amide) rings is 1. The number of sulfonamides is 1. The third-order valence-corrected chi connectivity index (χ3v) is 11.4. The van der Waals surface area contributed by atoms with Gasteiger partial charge in [-0.2, -0.15) is 13.6 Å². The second-order valence-electron chi connectivity index (χ2n) is 10.8. The minimum atomic E-state index is -3.96. The molecule has 4 fully saturated rings. The van der Waals surface area contributed by atoms with E-state index in [-0.39, 0.29) is 30.7 Å². The van der Waals surface area contributed by atoms with E-state index in [0.717, 1.165) is 27.8 Å². The van der Waals surface area contributed by atoms with Crippen LogP contribution in [0.4, 0.5) is 4.79 Å². The first kappa shape index (κ1) is 28.9. The molecule has 0 bridgehead atoms. The number of phenols is 1. The van der Waals surface area contributed by atoms with Gasteiger partial charge < -0.3 is 26.2 Å². The van der Waals surface area contributed by atoms with Crippen molar-refractivity contribution in [3.05, 3.63) is 29.8 Å². The van der Waals surface area contributed by atoms with Crippen LogP contribution in [0, 0.1) is 0 Å². The summed E-state index contributed by atoms with van der Waals surface area (Å²) in [5.41, 5.74) is -1.84. The van der Waals surface area contributed by atoms with Crippen LogP contribution in [0.1, 0.15) is 31.9 Å². The molecule has 4 aliphatic rings. The standard InChI is InChI=1S/C23H28N6O10S2/c1-22(2)23(20(34)35,24-10-30)28-18(33)15(19(28)40-22)25-16(32)14(11-4-6-12(31)7-5-11)26-21(36)27-9-8-13-17(27)29(13,37)41(3,38)39/h4-7,10,13-15,17,19,37H,8-9H2,1-3H3,(H4-,24,25,26,30,31,32,34,35,36)/p+1/t13?,14?,15-,17?,19+,23-,29?/m0/s1. The Morgan fingerprint density at radius 1 is 1.22 bits per heavy atom. The summed E-state index contributed by atoms with van der Waals surface area (Å²) >= 11 is 1.07. The number of carbonyl (C=O) groups is 5. The van der Waals surface area contributed by atoms with Crippen LogP contribution < -0.4 is 16.0 Å². The number of carboxylic acids is 1. The number of aromatic hydroxyl groups is 1. The monoisotopic (exact) mass is 613 g/mol. The number of hydrogen-bond acceptors (Lipinski definition) is 10. The smallest absolute Gasteiger partial charge is 0.352 e. The van der Waals surface area contributed by atoms with E-state index in [1.165, 1.54) is 24.3 Å². The molecule has 6 N–H and O–H groups in total. The number of quaternary nitrogens is 1. The van der Waals surface area contributed by atoms with E-state index in [1.807, 2.05) is 0 Å². The molecule has 5 amide bonds. The van der Waals surface area contributed by atoms with Crippen molar-refractivity contribution in [1.29, 1.82) is 0 Å². The van der Waals surface area contributed by atoms with Gasteiger partial charge in [0.15, 0.2) is 0 Å². The summed E-state index contributed by atoms with van der Waals surface area (Å²) in [5, 5.41) is 36.8. The van der Waals surface area contributed by atoms with Gasteiger partial charge in [-0.3, -0.25) is 24.2 Å². The Morgan fingerprint density at radius 3 is 2.39 bits per heavy atom. The highest BCUT2D eigenvalue weighted by Gasteiger charge is 2.80. The molecule has 4 heterocycles. The van der Waals surface area contributed by atoms with Gasteiger partial charge in [-0.25, -0.2) is 9.59 Å². The first-order valence-corrected chi connectivity index (χ1v) is 15.2. The van der Waals surface area contributed by atoms with Crippen molar-refractivity contribution in [1.82, 2.24) is 25.8 Å². The van der Waals surface area contributed by atoms with Gasteiger partial charge in [0.1, 0.15) is 23.2 Å². The number of amides is 5. The lowest BCUT2D eigenvalue weighted by Gasteiger charge is -2.49. The zero-order valence-corrected chi connectivity index (χ0v) is 23.7. The summed E-state index contributed by atoms with van der Waals surface area (Å²) in [7, 11) is -3.96. The van der Waals surface area contributed by atoms with Crippen LogP contribution in [-0.4, -0.2) is 115 Å². The quantitative estimate of drug-likeness (QED) is 0.0850. The second kappa shape index (κ2) is 9.20. The zero-order valence-electron chi connectivity index (χ0n) is 22.0. The molecule has 4 aliphatic heterocycles. The molecule has 18 heteroatoms. The van der Waals surface area contributed by atoms with Crippen molar-refractivity contribution in [2.45, 2.75) is 60.3 Å². The number of carbonyl (C=O) groups excluding carboxylic acids is 4.